The Morgan fingerprint density at radius 2 is 1.88 bits per heavy atom. The zero-order chi connectivity index (χ0) is 18.4. The molecule has 0 amide bonds. The van der Waals surface area contributed by atoms with Gasteiger partial charge in [0.15, 0.2) is 5.96 Å². The third-order valence-corrected chi connectivity index (χ3v) is 4.34. The van der Waals surface area contributed by atoms with Gasteiger partial charge in [0, 0.05) is 11.3 Å². The fourth-order valence-corrected chi connectivity index (χ4v) is 2.67. The van der Waals surface area contributed by atoms with Gasteiger partial charge in [-0.25, -0.2) is 0 Å². The first-order chi connectivity index (χ1) is 11.9. The maximum atomic E-state index is 6.08. The monoisotopic (exact) mass is 340 g/mol. The SMILES string of the molecule is COc1ccccc1C(CN=C(N)Nc1ccc(C)c(C)c1)N(C)C. The molecule has 0 heterocycles. The van der Waals surface area contributed by atoms with Crippen LogP contribution in [-0.4, -0.2) is 38.6 Å². The van der Waals surface area contributed by atoms with Crippen molar-refractivity contribution in [2.24, 2.45) is 10.7 Å². The number of methoxy groups -OCH3 is 1. The molecule has 0 saturated carbocycles. The number of nitrogens with zero attached hydrogens (tertiary/aromatic N) is 2. The highest BCUT2D eigenvalue weighted by Crippen LogP contribution is 2.28. The van der Waals surface area contributed by atoms with Crippen molar-refractivity contribution in [3.05, 3.63) is 59.2 Å². The van der Waals surface area contributed by atoms with Crippen molar-refractivity contribution in [2.75, 3.05) is 33.1 Å². The Morgan fingerprint density at radius 1 is 1.16 bits per heavy atom. The van der Waals surface area contributed by atoms with Crippen molar-refractivity contribution in [1.82, 2.24) is 4.90 Å². The van der Waals surface area contributed by atoms with Crippen LogP contribution in [0.25, 0.3) is 0 Å². The number of ether oxygens (including phenoxy) is 1. The summed E-state index contributed by atoms with van der Waals surface area (Å²) in [4.78, 5) is 6.65. The predicted molar refractivity (Wildman–Crippen MR) is 105 cm³/mol. The molecule has 0 saturated heterocycles. The molecule has 2 aromatic rings. The first-order valence-corrected chi connectivity index (χ1v) is 8.36. The molecule has 2 rings (SSSR count). The number of para-hydroxylation sites is 1. The lowest BCUT2D eigenvalue weighted by atomic mass is 10.0. The second kappa shape index (κ2) is 8.53. The minimum Gasteiger partial charge on any atom is -0.496 e. The molecule has 1 atom stereocenters. The molecule has 0 aliphatic heterocycles. The predicted octanol–water partition coefficient (Wildman–Crippen LogP) is 3.34. The van der Waals surface area contributed by atoms with Crippen molar-refractivity contribution in [3.8, 4) is 5.75 Å². The number of hydrogen-bond donors (Lipinski definition) is 2. The topological polar surface area (TPSA) is 62.9 Å². The van der Waals surface area contributed by atoms with E-state index in [4.69, 9.17) is 10.5 Å². The molecule has 25 heavy (non-hydrogen) atoms. The van der Waals surface area contributed by atoms with E-state index >= 15 is 0 Å². The van der Waals surface area contributed by atoms with Crippen LogP contribution in [0.4, 0.5) is 5.69 Å². The van der Waals surface area contributed by atoms with E-state index in [0.29, 0.717) is 12.5 Å². The second-order valence-corrected chi connectivity index (χ2v) is 6.37. The summed E-state index contributed by atoms with van der Waals surface area (Å²) in [6, 6.07) is 14.2. The first-order valence-electron chi connectivity index (χ1n) is 8.36. The van der Waals surface area contributed by atoms with Crippen LogP contribution in [-0.2, 0) is 0 Å². The molecular formula is C20H28N4O. The minimum atomic E-state index is 0.0799. The van der Waals surface area contributed by atoms with E-state index in [1.54, 1.807) is 7.11 Å². The Morgan fingerprint density at radius 3 is 2.52 bits per heavy atom. The quantitative estimate of drug-likeness (QED) is 0.625. The van der Waals surface area contributed by atoms with Gasteiger partial charge >= 0.3 is 0 Å². The molecule has 134 valence electrons. The molecule has 0 spiro atoms. The number of guanidine groups is 1. The summed E-state index contributed by atoms with van der Waals surface area (Å²) in [6.07, 6.45) is 0. The lowest BCUT2D eigenvalue weighted by Gasteiger charge is -2.25. The molecule has 1 unspecified atom stereocenters. The largest absolute Gasteiger partial charge is 0.496 e. The molecule has 0 fully saturated rings. The fourth-order valence-electron chi connectivity index (χ4n) is 2.67. The van der Waals surface area contributed by atoms with Gasteiger partial charge in [-0.1, -0.05) is 24.3 Å². The van der Waals surface area contributed by atoms with Crippen LogP contribution in [0.3, 0.4) is 0 Å². The van der Waals surface area contributed by atoms with Crippen LogP contribution in [0.5, 0.6) is 5.75 Å². The molecule has 0 radical (unpaired) electrons. The van der Waals surface area contributed by atoms with Gasteiger partial charge in [-0.2, -0.15) is 0 Å². The van der Waals surface area contributed by atoms with Gasteiger partial charge in [0.25, 0.3) is 0 Å². The number of benzene rings is 2. The molecule has 0 aromatic heterocycles. The maximum Gasteiger partial charge on any atom is 0.193 e. The zero-order valence-electron chi connectivity index (χ0n) is 15.7. The van der Waals surface area contributed by atoms with Crippen LogP contribution in [0.2, 0.25) is 0 Å². The van der Waals surface area contributed by atoms with E-state index in [-0.39, 0.29) is 6.04 Å². The molecule has 3 N–H and O–H groups in total. The van der Waals surface area contributed by atoms with E-state index < -0.39 is 0 Å². The van der Waals surface area contributed by atoms with Crippen LogP contribution < -0.4 is 15.8 Å². The standard InChI is InChI=1S/C20H28N4O/c1-14-10-11-16(12-15(14)2)23-20(21)22-13-18(24(3)4)17-8-6-7-9-19(17)25-5/h6-12,18H,13H2,1-5H3,(H3,21,22,23). The highest BCUT2D eigenvalue weighted by Gasteiger charge is 2.17. The summed E-state index contributed by atoms with van der Waals surface area (Å²) in [7, 11) is 5.74. The highest BCUT2D eigenvalue weighted by atomic mass is 16.5. The molecule has 0 bridgehead atoms. The second-order valence-electron chi connectivity index (χ2n) is 6.37. The normalized spacial score (nSPS) is 13.0. The Hall–Kier alpha value is -2.53. The molecule has 5 heteroatoms. The number of anilines is 1. The van der Waals surface area contributed by atoms with Crippen LogP contribution in [0.15, 0.2) is 47.5 Å². The van der Waals surface area contributed by atoms with Gasteiger partial charge in [0.05, 0.1) is 19.7 Å². The average Bonchev–Trinajstić information content (AvgIpc) is 2.58. The average molecular weight is 340 g/mol. The summed E-state index contributed by atoms with van der Waals surface area (Å²) in [6.45, 7) is 4.71. The number of aryl methyl sites for hydroxylation is 2. The van der Waals surface area contributed by atoms with Crippen molar-refractivity contribution < 1.29 is 4.74 Å². The number of likely N-dealkylation sites (N-methyl/N-ethyl adjacent to an activating group) is 1. The molecule has 0 aliphatic carbocycles. The van der Waals surface area contributed by atoms with E-state index in [2.05, 4.69) is 47.3 Å². The molecular weight excluding hydrogens is 312 g/mol. The van der Waals surface area contributed by atoms with Crippen molar-refractivity contribution in [3.63, 3.8) is 0 Å². The minimum absolute atomic E-state index is 0.0799. The summed E-state index contributed by atoms with van der Waals surface area (Å²) >= 11 is 0. The summed E-state index contributed by atoms with van der Waals surface area (Å²) in [5, 5.41) is 3.16. The molecule has 2 aromatic carbocycles. The fraction of sp³-hybridized carbons (Fsp3) is 0.350. The Kier molecular flexibility index (Phi) is 6.42. The zero-order valence-corrected chi connectivity index (χ0v) is 15.7. The lowest BCUT2D eigenvalue weighted by Crippen LogP contribution is -2.27. The number of rotatable bonds is 6. The van der Waals surface area contributed by atoms with Crippen molar-refractivity contribution >= 4 is 11.6 Å². The number of hydrogen-bond acceptors (Lipinski definition) is 3. The van der Waals surface area contributed by atoms with Gasteiger partial charge < -0.3 is 20.7 Å². The molecule has 0 aliphatic rings. The number of aliphatic imine (C=N–C) groups is 1. The van der Waals surface area contributed by atoms with Crippen LogP contribution >= 0.6 is 0 Å². The van der Waals surface area contributed by atoms with Gasteiger partial charge in [0.1, 0.15) is 5.75 Å². The van der Waals surface area contributed by atoms with Gasteiger partial charge in [0.2, 0.25) is 0 Å². The maximum absolute atomic E-state index is 6.08. The lowest BCUT2D eigenvalue weighted by molar-refractivity contribution is 0.295. The smallest absolute Gasteiger partial charge is 0.193 e. The Bertz CT molecular complexity index is 740. The van der Waals surface area contributed by atoms with Gasteiger partial charge in [-0.15, -0.1) is 0 Å². The highest BCUT2D eigenvalue weighted by molar-refractivity contribution is 5.92. The van der Waals surface area contributed by atoms with Crippen LogP contribution in [0.1, 0.15) is 22.7 Å². The summed E-state index contributed by atoms with van der Waals surface area (Å²) < 4.78 is 5.48. The van der Waals surface area contributed by atoms with Crippen molar-refractivity contribution in [2.45, 2.75) is 19.9 Å². The number of nitrogens with one attached hydrogen (secondary N) is 1. The summed E-state index contributed by atoms with van der Waals surface area (Å²) in [5.74, 6) is 1.27. The third-order valence-electron chi connectivity index (χ3n) is 4.34. The van der Waals surface area contributed by atoms with Gasteiger partial charge in [-0.05, 0) is 57.3 Å². The first kappa shape index (κ1) is 18.8. The third kappa shape index (κ3) is 4.97. The van der Waals surface area contributed by atoms with E-state index in [0.717, 1.165) is 17.0 Å². The number of nitrogens with two attached hydrogens (primary N) is 1. The molecule has 5 nitrogen and oxygen atoms in total. The summed E-state index contributed by atoms with van der Waals surface area (Å²) in [5.41, 5.74) is 10.6. The van der Waals surface area contributed by atoms with Crippen molar-refractivity contribution in [1.29, 1.82) is 0 Å². The van der Waals surface area contributed by atoms with Gasteiger partial charge in [-0.3, -0.25) is 4.99 Å². The van der Waals surface area contributed by atoms with Crippen LogP contribution in [0, 0.1) is 13.8 Å². The van der Waals surface area contributed by atoms with E-state index in [9.17, 15) is 0 Å². The van der Waals surface area contributed by atoms with E-state index in [1.807, 2.05) is 38.4 Å². The Balaban J connectivity index is 2.13. The van der Waals surface area contributed by atoms with E-state index in [1.165, 1.54) is 11.1 Å². The Labute approximate surface area is 150 Å².